The van der Waals surface area contributed by atoms with E-state index in [-0.39, 0.29) is 11.9 Å². The highest BCUT2D eigenvalue weighted by Gasteiger charge is 2.28. The predicted molar refractivity (Wildman–Crippen MR) is 81.2 cm³/mol. The Morgan fingerprint density at radius 2 is 1.95 bits per heavy atom. The number of rotatable bonds is 1. The second-order valence-electron chi connectivity index (χ2n) is 4.71. The van der Waals surface area contributed by atoms with E-state index in [2.05, 4.69) is 31.9 Å². The Hall–Kier alpha value is -0.910. The van der Waals surface area contributed by atoms with Crippen LogP contribution in [0.1, 0.15) is 29.8 Å². The smallest absolute Gasteiger partial charge is 0.137 e. The second-order valence-corrected chi connectivity index (χ2v) is 6.48. The van der Waals surface area contributed by atoms with Crippen molar-refractivity contribution in [1.82, 2.24) is 0 Å². The number of aliphatic hydroxyl groups is 1. The number of benzene rings is 2. The fraction of sp³-hybridized carbons (Fsp3) is 0.200. The molecule has 2 aromatic rings. The van der Waals surface area contributed by atoms with Crippen molar-refractivity contribution in [2.24, 2.45) is 0 Å². The highest BCUT2D eigenvalue weighted by Crippen LogP contribution is 2.42. The fourth-order valence-electron chi connectivity index (χ4n) is 2.33. The highest BCUT2D eigenvalue weighted by atomic mass is 79.9. The molecule has 2 nitrogen and oxygen atoms in total. The van der Waals surface area contributed by atoms with Gasteiger partial charge in [0.05, 0.1) is 10.6 Å². The summed E-state index contributed by atoms with van der Waals surface area (Å²) < 4.78 is 20.8. The van der Waals surface area contributed by atoms with E-state index in [0.29, 0.717) is 16.6 Å². The summed E-state index contributed by atoms with van der Waals surface area (Å²) in [6.45, 7) is 0. The van der Waals surface area contributed by atoms with Gasteiger partial charge in [-0.3, -0.25) is 0 Å². The maximum atomic E-state index is 13.6. The first-order valence-electron chi connectivity index (χ1n) is 6.13. The SMILES string of the molecule is O[C@H]1CC(c2ccc(Br)c(F)c2)Oc2ccc(Br)cc21. The number of fused-ring (bicyclic) bond motifs is 1. The lowest BCUT2D eigenvalue weighted by Crippen LogP contribution is -2.19. The van der Waals surface area contributed by atoms with Crippen molar-refractivity contribution in [1.29, 1.82) is 0 Å². The van der Waals surface area contributed by atoms with Crippen molar-refractivity contribution in [2.45, 2.75) is 18.6 Å². The number of hydrogen-bond donors (Lipinski definition) is 1. The lowest BCUT2D eigenvalue weighted by molar-refractivity contribution is 0.0655. The van der Waals surface area contributed by atoms with Gasteiger partial charge in [-0.15, -0.1) is 0 Å². The normalized spacial score (nSPS) is 21.2. The second kappa shape index (κ2) is 5.47. The van der Waals surface area contributed by atoms with Crippen molar-refractivity contribution in [3.63, 3.8) is 0 Å². The third kappa shape index (κ3) is 2.62. The Bertz CT molecular complexity index is 660. The molecule has 0 radical (unpaired) electrons. The van der Waals surface area contributed by atoms with Crippen LogP contribution in [0.5, 0.6) is 5.75 Å². The van der Waals surface area contributed by atoms with Gasteiger partial charge in [-0.2, -0.15) is 0 Å². The van der Waals surface area contributed by atoms with E-state index < -0.39 is 6.10 Å². The molecule has 0 aromatic heterocycles. The third-order valence-corrected chi connectivity index (χ3v) is 4.49. The molecule has 1 aliphatic rings. The molecule has 0 fully saturated rings. The van der Waals surface area contributed by atoms with E-state index in [1.165, 1.54) is 6.07 Å². The summed E-state index contributed by atoms with van der Waals surface area (Å²) in [7, 11) is 0. The van der Waals surface area contributed by atoms with Crippen LogP contribution in [0.2, 0.25) is 0 Å². The molecule has 0 amide bonds. The van der Waals surface area contributed by atoms with Crippen LogP contribution in [-0.4, -0.2) is 5.11 Å². The Morgan fingerprint density at radius 3 is 2.70 bits per heavy atom. The summed E-state index contributed by atoms with van der Waals surface area (Å²) in [6.07, 6.45) is -0.556. The summed E-state index contributed by atoms with van der Waals surface area (Å²) in [6, 6.07) is 10.4. The van der Waals surface area contributed by atoms with Crippen LogP contribution in [0.15, 0.2) is 45.3 Å². The van der Waals surface area contributed by atoms with Crippen LogP contribution in [0, 0.1) is 5.82 Å². The summed E-state index contributed by atoms with van der Waals surface area (Å²) in [4.78, 5) is 0. The minimum atomic E-state index is -0.618. The van der Waals surface area contributed by atoms with Gasteiger partial charge in [0, 0.05) is 16.5 Å². The van der Waals surface area contributed by atoms with Gasteiger partial charge in [0.2, 0.25) is 0 Å². The molecule has 1 heterocycles. The molecule has 0 saturated heterocycles. The minimum Gasteiger partial charge on any atom is -0.485 e. The largest absolute Gasteiger partial charge is 0.485 e. The summed E-state index contributed by atoms with van der Waals surface area (Å²) >= 11 is 6.50. The molecule has 104 valence electrons. The average Bonchev–Trinajstić information content (AvgIpc) is 2.42. The molecule has 0 aliphatic carbocycles. The predicted octanol–water partition coefficient (Wildman–Crippen LogP) is 4.91. The van der Waals surface area contributed by atoms with E-state index in [1.54, 1.807) is 12.1 Å². The van der Waals surface area contributed by atoms with Crippen molar-refractivity contribution in [3.8, 4) is 5.75 Å². The Kier molecular flexibility index (Phi) is 3.84. The van der Waals surface area contributed by atoms with E-state index in [4.69, 9.17) is 4.74 Å². The zero-order chi connectivity index (χ0) is 14.3. The van der Waals surface area contributed by atoms with Crippen LogP contribution in [0.25, 0.3) is 0 Å². The van der Waals surface area contributed by atoms with Gasteiger partial charge in [-0.1, -0.05) is 22.0 Å². The molecule has 1 N–H and O–H groups in total. The molecule has 2 atom stereocenters. The Balaban J connectivity index is 1.94. The lowest BCUT2D eigenvalue weighted by atomic mass is 9.95. The molecule has 0 saturated carbocycles. The minimum absolute atomic E-state index is 0.331. The number of halogens is 3. The standard InChI is InChI=1S/C15H11Br2FO2/c16-9-2-4-14-10(6-9)13(19)7-15(20-14)8-1-3-11(17)12(18)5-8/h1-6,13,15,19H,7H2/t13-,15?/m0/s1. The number of ether oxygens (including phenoxy) is 1. The molecule has 3 rings (SSSR count). The Morgan fingerprint density at radius 1 is 1.15 bits per heavy atom. The first-order chi connectivity index (χ1) is 9.54. The van der Waals surface area contributed by atoms with Crippen LogP contribution in [0.4, 0.5) is 4.39 Å². The quantitative estimate of drug-likeness (QED) is 0.735. The van der Waals surface area contributed by atoms with E-state index in [1.807, 2.05) is 18.2 Å². The van der Waals surface area contributed by atoms with Gasteiger partial charge in [0.25, 0.3) is 0 Å². The van der Waals surface area contributed by atoms with Gasteiger partial charge in [-0.05, 0) is 51.8 Å². The zero-order valence-electron chi connectivity index (χ0n) is 10.3. The van der Waals surface area contributed by atoms with Crippen LogP contribution >= 0.6 is 31.9 Å². The maximum absolute atomic E-state index is 13.6. The molecule has 5 heteroatoms. The number of aliphatic hydroxyl groups excluding tert-OH is 1. The molecule has 20 heavy (non-hydrogen) atoms. The molecular weight excluding hydrogens is 391 g/mol. The van der Waals surface area contributed by atoms with E-state index >= 15 is 0 Å². The topological polar surface area (TPSA) is 29.5 Å². The van der Waals surface area contributed by atoms with Gasteiger partial charge in [0.15, 0.2) is 0 Å². The summed E-state index contributed by atoms with van der Waals surface area (Å²) in [5.74, 6) is 0.308. The van der Waals surface area contributed by atoms with Gasteiger partial charge in [-0.25, -0.2) is 4.39 Å². The molecule has 0 bridgehead atoms. The van der Waals surface area contributed by atoms with Gasteiger partial charge in [0.1, 0.15) is 17.7 Å². The van der Waals surface area contributed by atoms with Crippen molar-refractivity contribution in [3.05, 3.63) is 62.3 Å². The summed E-state index contributed by atoms with van der Waals surface area (Å²) in [5.41, 5.74) is 1.48. The number of hydrogen-bond acceptors (Lipinski definition) is 2. The molecular formula is C15H11Br2FO2. The van der Waals surface area contributed by atoms with Crippen LogP contribution in [-0.2, 0) is 0 Å². The fourth-order valence-corrected chi connectivity index (χ4v) is 2.96. The third-order valence-electron chi connectivity index (χ3n) is 3.35. The van der Waals surface area contributed by atoms with Crippen molar-refractivity contribution in [2.75, 3.05) is 0 Å². The summed E-state index contributed by atoms with van der Waals surface area (Å²) in [5, 5.41) is 10.2. The first-order valence-corrected chi connectivity index (χ1v) is 7.72. The van der Waals surface area contributed by atoms with Crippen molar-refractivity contribution >= 4 is 31.9 Å². The average molecular weight is 402 g/mol. The van der Waals surface area contributed by atoms with E-state index in [9.17, 15) is 9.50 Å². The highest BCUT2D eigenvalue weighted by molar-refractivity contribution is 9.10. The first kappa shape index (κ1) is 14.0. The molecule has 2 aromatic carbocycles. The monoisotopic (exact) mass is 400 g/mol. The molecule has 0 spiro atoms. The van der Waals surface area contributed by atoms with Gasteiger partial charge < -0.3 is 9.84 Å². The molecule has 1 aliphatic heterocycles. The van der Waals surface area contributed by atoms with Crippen LogP contribution < -0.4 is 4.74 Å². The Labute approximate surface area is 132 Å². The van der Waals surface area contributed by atoms with Crippen molar-refractivity contribution < 1.29 is 14.2 Å². The lowest BCUT2D eigenvalue weighted by Gasteiger charge is -2.30. The zero-order valence-corrected chi connectivity index (χ0v) is 13.5. The van der Waals surface area contributed by atoms with Gasteiger partial charge >= 0.3 is 0 Å². The van der Waals surface area contributed by atoms with Crippen LogP contribution in [0.3, 0.4) is 0 Å². The maximum Gasteiger partial charge on any atom is 0.137 e. The molecule has 1 unspecified atom stereocenters. The van der Waals surface area contributed by atoms with E-state index in [0.717, 1.165) is 15.6 Å².